The van der Waals surface area contributed by atoms with E-state index < -0.39 is 0 Å². The van der Waals surface area contributed by atoms with Crippen molar-refractivity contribution in [3.63, 3.8) is 0 Å². The molecule has 0 heterocycles. The molecule has 0 N–H and O–H groups in total. The average molecular weight is 263 g/mol. The summed E-state index contributed by atoms with van der Waals surface area (Å²) in [4.78, 5) is 11.6. The molecule has 0 aliphatic carbocycles. The fourth-order valence-electron chi connectivity index (χ4n) is 1.79. The topological polar surface area (TPSA) is 17.1 Å². The van der Waals surface area contributed by atoms with Gasteiger partial charge in [0.1, 0.15) is 5.82 Å². The van der Waals surface area contributed by atoms with Crippen molar-refractivity contribution in [2.45, 2.75) is 13.3 Å². The molecular formula is C15H12ClFO. The van der Waals surface area contributed by atoms with Gasteiger partial charge in [0.25, 0.3) is 0 Å². The largest absolute Gasteiger partial charge is 0.294 e. The second-order valence-electron chi connectivity index (χ2n) is 3.98. The summed E-state index contributed by atoms with van der Waals surface area (Å²) in [6, 6.07) is 11.5. The van der Waals surface area contributed by atoms with Gasteiger partial charge in [-0.1, -0.05) is 36.7 Å². The molecule has 1 nitrogen and oxygen atoms in total. The van der Waals surface area contributed by atoms with Gasteiger partial charge in [0.15, 0.2) is 5.78 Å². The smallest absolute Gasteiger partial charge is 0.162 e. The van der Waals surface area contributed by atoms with E-state index in [0.29, 0.717) is 17.0 Å². The van der Waals surface area contributed by atoms with E-state index >= 15 is 0 Å². The van der Waals surface area contributed by atoms with Crippen molar-refractivity contribution in [3.05, 3.63) is 58.9 Å². The van der Waals surface area contributed by atoms with Gasteiger partial charge in [-0.25, -0.2) is 4.39 Å². The Bertz CT molecular complexity index is 593. The third-order valence-electron chi connectivity index (χ3n) is 2.75. The highest BCUT2D eigenvalue weighted by Gasteiger charge is 2.08. The Morgan fingerprint density at radius 2 is 2.00 bits per heavy atom. The number of ketones is 1. The maximum atomic E-state index is 13.0. The monoisotopic (exact) mass is 262 g/mol. The lowest BCUT2D eigenvalue weighted by Crippen LogP contribution is -1.96. The van der Waals surface area contributed by atoms with Gasteiger partial charge in [-0.15, -0.1) is 0 Å². The van der Waals surface area contributed by atoms with Crippen LogP contribution in [0.5, 0.6) is 0 Å². The van der Waals surface area contributed by atoms with E-state index in [4.69, 9.17) is 11.6 Å². The van der Waals surface area contributed by atoms with Gasteiger partial charge < -0.3 is 0 Å². The molecule has 2 aromatic carbocycles. The maximum absolute atomic E-state index is 13.0. The lowest BCUT2D eigenvalue weighted by atomic mass is 10.0. The lowest BCUT2D eigenvalue weighted by molar-refractivity contribution is 0.0988. The molecule has 0 radical (unpaired) electrons. The van der Waals surface area contributed by atoms with Gasteiger partial charge >= 0.3 is 0 Å². The Morgan fingerprint density at radius 3 is 2.67 bits per heavy atom. The highest BCUT2D eigenvalue weighted by Crippen LogP contribution is 2.29. The first-order valence-electron chi connectivity index (χ1n) is 5.70. The van der Waals surface area contributed by atoms with Crippen molar-refractivity contribution >= 4 is 17.4 Å². The van der Waals surface area contributed by atoms with Crippen LogP contribution < -0.4 is 0 Å². The Morgan fingerprint density at radius 1 is 1.22 bits per heavy atom. The molecule has 0 aliphatic heterocycles. The van der Waals surface area contributed by atoms with Crippen LogP contribution in [0.25, 0.3) is 11.1 Å². The molecule has 92 valence electrons. The zero-order valence-electron chi connectivity index (χ0n) is 9.91. The van der Waals surface area contributed by atoms with Crippen LogP contribution in [-0.4, -0.2) is 5.78 Å². The SMILES string of the molecule is CCC(=O)c1cccc(-c2ccc(F)cc2Cl)c1. The van der Waals surface area contributed by atoms with Gasteiger partial charge in [0.2, 0.25) is 0 Å². The Hall–Kier alpha value is -1.67. The number of benzene rings is 2. The van der Waals surface area contributed by atoms with Gasteiger partial charge in [-0.2, -0.15) is 0 Å². The Balaban J connectivity index is 2.48. The van der Waals surface area contributed by atoms with Gasteiger partial charge in [0.05, 0.1) is 5.02 Å². The first-order chi connectivity index (χ1) is 8.61. The maximum Gasteiger partial charge on any atom is 0.162 e. The Labute approximate surface area is 110 Å². The molecule has 0 saturated heterocycles. The van der Waals surface area contributed by atoms with Gasteiger partial charge in [0, 0.05) is 17.5 Å². The molecule has 0 bridgehead atoms. The molecule has 0 aromatic heterocycles. The molecule has 0 amide bonds. The van der Waals surface area contributed by atoms with Crippen LogP contribution in [0.15, 0.2) is 42.5 Å². The second-order valence-corrected chi connectivity index (χ2v) is 4.39. The number of carbonyl (C=O) groups excluding carboxylic acids is 1. The molecule has 2 aromatic rings. The molecule has 0 unspecified atom stereocenters. The summed E-state index contributed by atoms with van der Waals surface area (Å²) in [5.41, 5.74) is 2.19. The molecule has 3 heteroatoms. The van der Waals surface area contributed by atoms with Crippen LogP contribution >= 0.6 is 11.6 Å². The predicted molar refractivity (Wildman–Crippen MR) is 71.5 cm³/mol. The number of carbonyl (C=O) groups is 1. The summed E-state index contributed by atoms with van der Waals surface area (Å²) in [7, 11) is 0. The minimum absolute atomic E-state index is 0.0788. The quantitative estimate of drug-likeness (QED) is 0.730. The van der Waals surface area contributed by atoms with Crippen molar-refractivity contribution in [2.24, 2.45) is 0 Å². The zero-order valence-corrected chi connectivity index (χ0v) is 10.7. The Kier molecular flexibility index (Phi) is 3.78. The van der Waals surface area contributed by atoms with Crippen molar-refractivity contribution in [3.8, 4) is 11.1 Å². The van der Waals surface area contributed by atoms with E-state index in [1.165, 1.54) is 12.1 Å². The molecule has 0 atom stereocenters. The molecule has 0 spiro atoms. The molecule has 0 aliphatic rings. The van der Waals surface area contributed by atoms with E-state index in [1.54, 1.807) is 24.3 Å². The summed E-state index contributed by atoms with van der Waals surface area (Å²) in [6.07, 6.45) is 0.459. The molecule has 0 fully saturated rings. The van der Waals surface area contributed by atoms with E-state index in [9.17, 15) is 9.18 Å². The highest BCUT2D eigenvalue weighted by molar-refractivity contribution is 6.33. The first-order valence-corrected chi connectivity index (χ1v) is 6.08. The van der Waals surface area contributed by atoms with E-state index in [-0.39, 0.29) is 11.6 Å². The van der Waals surface area contributed by atoms with Crippen molar-refractivity contribution in [2.75, 3.05) is 0 Å². The van der Waals surface area contributed by atoms with Crippen LogP contribution in [0.1, 0.15) is 23.7 Å². The van der Waals surface area contributed by atoms with Crippen molar-refractivity contribution < 1.29 is 9.18 Å². The number of rotatable bonds is 3. The molecule has 2 rings (SSSR count). The third-order valence-corrected chi connectivity index (χ3v) is 3.06. The second kappa shape index (κ2) is 5.32. The van der Waals surface area contributed by atoms with E-state index in [1.807, 2.05) is 13.0 Å². The molecule has 0 saturated carbocycles. The standard InChI is InChI=1S/C15H12ClFO/c1-2-15(18)11-5-3-4-10(8-11)13-7-6-12(17)9-14(13)16/h3-9H,2H2,1H3. The van der Waals surface area contributed by atoms with Crippen LogP contribution in [0.3, 0.4) is 0 Å². The fourth-order valence-corrected chi connectivity index (χ4v) is 2.06. The number of hydrogen-bond acceptors (Lipinski definition) is 1. The van der Waals surface area contributed by atoms with Crippen LogP contribution in [0.4, 0.5) is 4.39 Å². The highest BCUT2D eigenvalue weighted by atomic mass is 35.5. The molecule has 18 heavy (non-hydrogen) atoms. The average Bonchev–Trinajstić information content (AvgIpc) is 2.38. The minimum Gasteiger partial charge on any atom is -0.294 e. The zero-order chi connectivity index (χ0) is 13.1. The summed E-state index contributed by atoms with van der Waals surface area (Å²) in [5.74, 6) is -0.292. The molecular weight excluding hydrogens is 251 g/mol. The summed E-state index contributed by atoms with van der Waals surface area (Å²) in [5, 5.41) is 0.344. The van der Waals surface area contributed by atoms with E-state index in [0.717, 1.165) is 11.1 Å². The van der Waals surface area contributed by atoms with Crippen LogP contribution in [0, 0.1) is 5.82 Å². The summed E-state index contributed by atoms with van der Waals surface area (Å²) < 4.78 is 13.0. The minimum atomic E-state index is -0.371. The predicted octanol–water partition coefficient (Wildman–Crippen LogP) is 4.74. The van der Waals surface area contributed by atoms with Gasteiger partial charge in [-0.05, 0) is 29.8 Å². The number of halogens is 2. The summed E-state index contributed by atoms with van der Waals surface area (Å²) >= 11 is 6.00. The van der Waals surface area contributed by atoms with E-state index in [2.05, 4.69) is 0 Å². The number of Topliss-reactive ketones (excluding diaryl/α,β-unsaturated/α-hetero) is 1. The van der Waals surface area contributed by atoms with Crippen molar-refractivity contribution in [1.82, 2.24) is 0 Å². The third kappa shape index (κ3) is 2.59. The lowest BCUT2D eigenvalue weighted by Gasteiger charge is -2.06. The van der Waals surface area contributed by atoms with Gasteiger partial charge in [-0.3, -0.25) is 4.79 Å². The van der Waals surface area contributed by atoms with Crippen molar-refractivity contribution in [1.29, 1.82) is 0 Å². The normalized spacial score (nSPS) is 10.4. The first kappa shape index (κ1) is 12.8. The summed E-state index contributed by atoms with van der Waals surface area (Å²) in [6.45, 7) is 1.82. The number of hydrogen-bond donors (Lipinski definition) is 0. The fraction of sp³-hybridized carbons (Fsp3) is 0.133. The van der Waals surface area contributed by atoms with Crippen LogP contribution in [-0.2, 0) is 0 Å². The van der Waals surface area contributed by atoms with Crippen LogP contribution in [0.2, 0.25) is 5.02 Å².